The van der Waals surface area contributed by atoms with E-state index in [0.29, 0.717) is 36.4 Å². The molecule has 2 aliphatic rings. The largest absolute Gasteiger partial charge is 0.473 e. The zero-order valence-corrected chi connectivity index (χ0v) is 21.4. The second-order valence-electron chi connectivity index (χ2n) is 10.2. The minimum atomic E-state index is -0.692. The van der Waals surface area contributed by atoms with Crippen LogP contribution in [0, 0.1) is 0 Å². The molecule has 4 heterocycles. The summed E-state index contributed by atoms with van der Waals surface area (Å²) in [6.45, 7) is 6.30. The van der Waals surface area contributed by atoms with E-state index in [0.717, 1.165) is 19.3 Å². The number of rotatable bonds is 7. The number of nitrogens with one attached hydrogen (secondary N) is 2. The SMILES string of the molecule is CN(C(=O)OC(C)(C)C)c1cc(Nc2cccnc2OC2CCC2)nc2c(C(=O)NC3COC3)cnn12. The summed E-state index contributed by atoms with van der Waals surface area (Å²) in [5, 5.41) is 10.5. The van der Waals surface area contributed by atoms with Crippen LogP contribution in [0.4, 0.5) is 22.1 Å². The molecule has 1 aliphatic heterocycles. The van der Waals surface area contributed by atoms with Gasteiger partial charge in [0.25, 0.3) is 5.91 Å². The molecule has 0 radical (unpaired) electrons. The van der Waals surface area contributed by atoms with Crippen LogP contribution < -0.4 is 20.3 Å². The van der Waals surface area contributed by atoms with E-state index in [2.05, 4.69) is 25.7 Å². The fraction of sp³-hybridized carbons (Fsp3) is 0.480. The highest BCUT2D eigenvalue weighted by atomic mass is 16.6. The highest BCUT2D eigenvalue weighted by molar-refractivity contribution is 6.00. The fourth-order valence-corrected chi connectivity index (χ4v) is 3.78. The highest BCUT2D eigenvalue weighted by Crippen LogP contribution is 2.32. The van der Waals surface area contributed by atoms with Gasteiger partial charge in [-0.1, -0.05) is 0 Å². The van der Waals surface area contributed by atoms with Gasteiger partial charge in [-0.2, -0.15) is 9.61 Å². The maximum atomic E-state index is 13.0. The molecule has 12 heteroatoms. The van der Waals surface area contributed by atoms with Crippen LogP contribution in [0.5, 0.6) is 5.88 Å². The smallest absolute Gasteiger partial charge is 0.415 e. The van der Waals surface area contributed by atoms with Crippen molar-refractivity contribution >= 4 is 35.0 Å². The Morgan fingerprint density at radius 1 is 1.24 bits per heavy atom. The number of aromatic nitrogens is 4. The summed E-state index contributed by atoms with van der Waals surface area (Å²) in [7, 11) is 1.58. The first-order chi connectivity index (χ1) is 17.7. The molecule has 1 saturated heterocycles. The van der Waals surface area contributed by atoms with Crippen molar-refractivity contribution in [3.63, 3.8) is 0 Å². The first-order valence-electron chi connectivity index (χ1n) is 12.3. The van der Waals surface area contributed by atoms with E-state index in [1.54, 1.807) is 46.1 Å². The number of carbonyl (C=O) groups is 2. The number of hydrogen-bond donors (Lipinski definition) is 2. The van der Waals surface area contributed by atoms with E-state index in [9.17, 15) is 9.59 Å². The molecule has 0 atom stereocenters. The minimum Gasteiger partial charge on any atom is -0.473 e. The lowest BCUT2D eigenvalue weighted by atomic mass is 9.96. The van der Waals surface area contributed by atoms with Gasteiger partial charge in [0.1, 0.15) is 34.6 Å². The maximum absolute atomic E-state index is 13.0. The monoisotopic (exact) mass is 509 g/mol. The quantitative estimate of drug-likeness (QED) is 0.492. The predicted molar refractivity (Wildman–Crippen MR) is 135 cm³/mol. The average Bonchev–Trinajstić information content (AvgIpc) is 3.21. The van der Waals surface area contributed by atoms with Gasteiger partial charge < -0.3 is 24.8 Å². The molecular weight excluding hydrogens is 478 g/mol. The average molecular weight is 510 g/mol. The molecule has 3 aromatic heterocycles. The third-order valence-electron chi connectivity index (χ3n) is 6.05. The third kappa shape index (κ3) is 5.43. The molecule has 0 aromatic carbocycles. The Morgan fingerprint density at radius 2 is 2.03 bits per heavy atom. The number of carbonyl (C=O) groups excluding carboxylic acids is 2. The van der Waals surface area contributed by atoms with Gasteiger partial charge in [0.2, 0.25) is 5.88 Å². The first-order valence-corrected chi connectivity index (χ1v) is 12.3. The summed E-state index contributed by atoms with van der Waals surface area (Å²) in [6.07, 6.45) is 5.79. The topological polar surface area (TPSA) is 132 Å². The van der Waals surface area contributed by atoms with Crippen LogP contribution in [0.25, 0.3) is 5.65 Å². The zero-order valence-electron chi connectivity index (χ0n) is 21.4. The molecule has 12 nitrogen and oxygen atoms in total. The van der Waals surface area contributed by atoms with E-state index in [-0.39, 0.29) is 29.3 Å². The molecule has 2 amide bonds. The number of pyridine rings is 1. The normalized spacial score (nSPS) is 16.0. The van der Waals surface area contributed by atoms with E-state index in [1.165, 1.54) is 15.6 Å². The lowest BCUT2D eigenvalue weighted by Gasteiger charge is -2.27. The number of amides is 2. The number of fused-ring (bicyclic) bond motifs is 1. The molecular formula is C25H31N7O5. The molecule has 0 bridgehead atoms. The van der Waals surface area contributed by atoms with E-state index >= 15 is 0 Å². The predicted octanol–water partition coefficient (Wildman–Crippen LogP) is 3.30. The molecule has 5 rings (SSSR count). The highest BCUT2D eigenvalue weighted by Gasteiger charge is 2.28. The zero-order chi connectivity index (χ0) is 26.2. The van der Waals surface area contributed by atoms with Gasteiger partial charge in [-0.05, 0) is 52.2 Å². The molecule has 2 fully saturated rings. The van der Waals surface area contributed by atoms with Crippen molar-refractivity contribution < 1.29 is 23.8 Å². The number of anilines is 3. The van der Waals surface area contributed by atoms with Crippen molar-refractivity contribution in [3.8, 4) is 5.88 Å². The number of ether oxygens (including phenoxy) is 3. The minimum absolute atomic E-state index is 0.0609. The Morgan fingerprint density at radius 3 is 2.68 bits per heavy atom. The number of nitrogens with zero attached hydrogens (tertiary/aromatic N) is 5. The molecule has 2 N–H and O–H groups in total. The van der Waals surface area contributed by atoms with E-state index < -0.39 is 11.7 Å². The molecule has 0 spiro atoms. The van der Waals surface area contributed by atoms with Crippen LogP contribution in [-0.2, 0) is 9.47 Å². The lowest BCUT2D eigenvalue weighted by Crippen LogP contribution is -2.48. The summed E-state index contributed by atoms with van der Waals surface area (Å²) in [5.74, 6) is 0.880. The van der Waals surface area contributed by atoms with Gasteiger partial charge >= 0.3 is 6.09 Å². The lowest BCUT2D eigenvalue weighted by molar-refractivity contribution is -0.00343. The second kappa shape index (κ2) is 9.85. The van der Waals surface area contributed by atoms with Crippen LogP contribution in [0.2, 0.25) is 0 Å². The standard InChI is InChI=1S/C25H31N7O5/c1-25(2,3)37-24(34)31(4)20-11-19(29-18-9-6-10-26-23(18)36-16-7-5-8-16)30-21-17(12-27-32(20)21)22(33)28-15-13-35-14-15/h6,9-12,15-16H,5,7-8,13-14H2,1-4H3,(H,28,33)(H,29,30). The van der Waals surface area contributed by atoms with Gasteiger partial charge in [-0.25, -0.2) is 14.8 Å². The van der Waals surface area contributed by atoms with Gasteiger partial charge in [0.05, 0.1) is 25.5 Å². The van der Waals surface area contributed by atoms with Gasteiger partial charge in [0.15, 0.2) is 5.65 Å². The Balaban J connectivity index is 1.52. The van der Waals surface area contributed by atoms with Gasteiger partial charge in [0, 0.05) is 19.3 Å². The summed E-state index contributed by atoms with van der Waals surface area (Å²) < 4.78 is 18.2. The maximum Gasteiger partial charge on any atom is 0.415 e. The van der Waals surface area contributed by atoms with Crippen molar-refractivity contribution in [2.45, 2.75) is 57.8 Å². The Labute approximate surface area is 214 Å². The van der Waals surface area contributed by atoms with Gasteiger partial charge in [-0.3, -0.25) is 9.69 Å². The molecule has 37 heavy (non-hydrogen) atoms. The van der Waals surface area contributed by atoms with Crippen molar-refractivity contribution in [3.05, 3.63) is 36.2 Å². The Bertz CT molecular complexity index is 1310. The Hall–Kier alpha value is -3.93. The fourth-order valence-electron chi connectivity index (χ4n) is 3.78. The van der Waals surface area contributed by atoms with Crippen molar-refractivity contribution in [1.82, 2.24) is 24.9 Å². The molecule has 1 saturated carbocycles. The summed E-state index contributed by atoms with van der Waals surface area (Å²) in [5.41, 5.74) is 0.474. The summed E-state index contributed by atoms with van der Waals surface area (Å²) in [6, 6.07) is 5.23. The first kappa shape index (κ1) is 24.8. The molecule has 1 aliphatic carbocycles. The van der Waals surface area contributed by atoms with Crippen LogP contribution >= 0.6 is 0 Å². The van der Waals surface area contributed by atoms with Gasteiger partial charge in [-0.15, -0.1) is 0 Å². The van der Waals surface area contributed by atoms with Crippen LogP contribution in [0.3, 0.4) is 0 Å². The van der Waals surface area contributed by atoms with Crippen molar-refractivity contribution in [2.24, 2.45) is 0 Å². The van der Waals surface area contributed by atoms with Crippen LogP contribution in [-0.4, -0.2) is 69.6 Å². The summed E-state index contributed by atoms with van der Waals surface area (Å²) in [4.78, 5) is 36.3. The number of hydrogen-bond acceptors (Lipinski definition) is 9. The molecule has 196 valence electrons. The summed E-state index contributed by atoms with van der Waals surface area (Å²) >= 11 is 0. The van der Waals surface area contributed by atoms with Crippen LogP contribution in [0.15, 0.2) is 30.6 Å². The Kier molecular flexibility index (Phi) is 6.59. The van der Waals surface area contributed by atoms with Crippen molar-refractivity contribution in [1.29, 1.82) is 0 Å². The second-order valence-corrected chi connectivity index (χ2v) is 10.2. The van der Waals surface area contributed by atoms with Crippen molar-refractivity contribution in [2.75, 3.05) is 30.5 Å². The molecule has 3 aromatic rings. The third-order valence-corrected chi connectivity index (χ3v) is 6.05. The molecule has 0 unspecified atom stereocenters. The van der Waals surface area contributed by atoms with E-state index in [1.807, 2.05) is 6.07 Å². The van der Waals surface area contributed by atoms with Crippen LogP contribution in [0.1, 0.15) is 50.4 Å². The van der Waals surface area contributed by atoms with E-state index in [4.69, 9.17) is 14.2 Å².